The molecule has 110 valence electrons. The van der Waals surface area contributed by atoms with Gasteiger partial charge in [-0.1, -0.05) is 6.07 Å². The van der Waals surface area contributed by atoms with Gasteiger partial charge in [0.15, 0.2) is 0 Å². The molecule has 0 saturated carbocycles. The van der Waals surface area contributed by atoms with Gasteiger partial charge in [0.25, 0.3) is 0 Å². The van der Waals surface area contributed by atoms with E-state index in [0.717, 1.165) is 25.9 Å². The van der Waals surface area contributed by atoms with Crippen LogP contribution in [0.5, 0.6) is 5.75 Å². The van der Waals surface area contributed by atoms with Crippen molar-refractivity contribution in [1.82, 2.24) is 10.6 Å². The van der Waals surface area contributed by atoms with Gasteiger partial charge >= 0.3 is 0 Å². The number of nitrogens with one attached hydrogen (secondary N) is 2. The van der Waals surface area contributed by atoms with E-state index in [-0.39, 0.29) is 23.7 Å². The first-order chi connectivity index (χ1) is 9.65. The summed E-state index contributed by atoms with van der Waals surface area (Å²) >= 11 is 0. The van der Waals surface area contributed by atoms with E-state index in [2.05, 4.69) is 10.6 Å². The lowest BCUT2D eigenvalue weighted by molar-refractivity contribution is -0.125. The van der Waals surface area contributed by atoms with Crippen molar-refractivity contribution >= 4 is 5.91 Å². The molecule has 1 aliphatic rings. The first-order valence-corrected chi connectivity index (χ1v) is 7.06. The molecule has 20 heavy (non-hydrogen) atoms. The molecule has 2 unspecified atom stereocenters. The maximum atomic E-state index is 13.0. The molecule has 2 atom stereocenters. The number of halogens is 1. The molecule has 5 heteroatoms. The monoisotopic (exact) mass is 280 g/mol. The standard InChI is InChI=1S/C15H21FN2O2/c1-11(20-14-6-2-5-13(16)8-14)9-18-15(19)12-4-3-7-17-10-12/h2,5-6,8,11-12,17H,3-4,7,9-10H2,1H3,(H,18,19). The molecule has 1 aromatic rings. The van der Waals surface area contributed by atoms with Crippen LogP contribution in [0.3, 0.4) is 0 Å². The highest BCUT2D eigenvalue weighted by Crippen LogP contribution is 2.14. The van der Waals surface area contributed by atoms with Crippen molar-refractivity contribution in [3.05, 3.63) is 30.1 Å². The van der Waals surface area contributed by atoms with Crippen LogP contribution >= 0.6 is 0 Å². The van der Waals surface area contributed by atoms with Gasteiger partial charge in [-0.2, -0.15) is 0 Å². The number of amides is 1. The summed E-state index contributed by atoms with van der Waals surface area (Å²) in [6.07, 6.45) is 1.77. The van der Waals surface area contributed by atoms with Crippen molar-refractivity contribution in [3.8, 4) is 5.75 Å². The molecule has 2 rings (SSSR count). The van der Waals surface area contributed by atoms with E-state index in [1.54, 1.807) is 12.1 Å². The van der Waals surface area contributed by atoms with Crippen LogP contribution < -0.4 is 15.4 Å². The zero-order chi connectivity index (χ0) is 14.4. The van der Waals surface area contributed by atoms with Gasteiger partial charge in [-0.05, 0) is 38.4 Å². The first-order valence-electron chi connectivity index (χ1n) is 7.06. The first kappa shape index (κ1) is 14.8. The Kier molecular flexibility index (Phi) is 5.35. The van der Waals surface area contributed by atoms with Crippen molar-refractivity contribution in [2.24, 2.45) is 5.92 Å². The molecule has 1 heterocycles. The minimum Gasteiger partial charge on any atom is -0.489 e. The smallest absolute Gasteiger partial charge is 0.224 e. The molecule has 0 aliphatic carbocycles. The predicted molar refractivity (Wildman–Crippen MR) is 75.1 cm³/mol. The van der Waals surface area contributed by atoms with Gasteiger partial charge in [-0.15, -0.1) is 0 Å². The Balaban J connectivity index is 1.74. The van der Waals surface area contributed by atoms with E-state index in [0.29, 0.717) is 12.3 Å². The van der Waals surface area contributed by atoms with Crippen LogP contribution in [0.15, 0.2) is 24.3 Å². The fourth-order valence-corrected chi connectivity index (χ4v) is 2.28. The predicted octanol–water partition coefficient (Wildman–Crippen LogP) is 1.71. The number of rotatable bonds is 5. The second kappa shape index (κ2) is 7.24. The van der Waals surface area contributed by atoms with Gasteiger partial charge in [0, 0.05) is 12.6 Å². The Labute approximate surface area is 118 Å². The highest BCUT2D eigenvalue weighted by Gasteiger charge is 2.21. The maximum absolute atomic E-state index is 13.0. The highest BCUT2D eigenvalue weighted by molar-refractivity contribution is 5.78. The molecule has 4 nitrogen and oxygen atoms in total. The van der Waals surface area contributed by atoms with Gasteiger partial charge in [-0.25, -0.2) is 4.39 Å². The second-order valence-electron chi connectivity index (χ2n) is 5.17. The largest absolute Gasteiger partial charge is 0.489 e. The van der Waals surface area contributed by atoms with Crippen LogP contribution in [-0.2, 0) is 4.79 Å². The topological polar surface area (TPSA) is 50.4 Å². The summed E-state index contributed by atoms with van der Waals surface area (Å²) in [4.78, 5) is 11.9. The number of ether oxygens (including phenoxy) is 1. The molecule has 1 aromatic carbocycles. The summed E-state index contributed by atoms with van der Waals surface area (Å²) in [7, 11) is 0. The minimum absolute atomic E-state index is 0.0464. The van der Waals surface area contributed by atoms with Crippen LogP contribution in [0.1, 0.15) is 19.8 Å². The molecule has 0 aromatic heterocycles. The molecular weight excluding hydrogens is 259 g/mol. The van der Waals surface area contributed by atoms with Crippen molar-refractivity contribution in [2.75, 3.05) is 19.6 Å². The van der Waals surface area contributed by atoms with Gasteiger partial charge < -0.3 is 15.4 Å². The van der Waals surface area contributed by atoms with E-state index in [9.17, 15) is 9.18 Å². The number of piperidine rings is 1. The Bertz CT molecular complexity index is 447. The molecule has 1 fully saturated rings. The molecule has 1 aliphatic heterocycles. The zero-order valence-corrected chi connectivity index (χ0v) is 11.7. The average Bonchev–Trinajstić information content (AvgIpc) is 2.46. The molecule has 1 amide bonds. The molecule has 0 spiro atoms. The minimum atomic E-state index is -0.327. The fraction of sp³-hybridized carbons (Fsp3) is 0.533. The maximum Gasteiger partial charge on any atom is 0.224 e. The normalized spacial score (nSPS) is 20.2. The number of carbonyl (C=O) groups excluding carboxylic acids is 1. The van der Waals surface area contributed by atoms with Crippen LogP contribution in [0.2, 0.25) is 0 Å². The Hall–Kier alpha value is -1.62. The number of carbonyl (C=O) groups is 1. The third kappa shape index (κ3) is 4.49. The summed E-state index contributed by atoms with van der Waals surface area (Å²) in [5.41, 5.74) is 0. The van der Waals surface area contributed by atoms with E-state index in [4.69, 9.17) is 4.74 Å². The van der Waals surface area contributed by atoms with Gasteiger partial charge in [-0.3, -0.25) is 4.79 Å². The lowest BCUT2D eigenvalue weighted by Crippen LogP contribution is -2.43. The molecule has 0 radical (unpaired) electrons. The van der Waals surface area contributed by atoms with Crippen molar-refractivity contribution in [1.29, 1.82) is 0 Å². The van der Waals surface area contributed by atoms with Crippen molar-refractivity contribution in [2.45, 2.75) is 25.9 Å². The summed E-state index contributed by atoms with van der Waals surface area (Å²) < 4.78 is 18.6. The van der Waals surface area contributed by atoms with Crippen LogP contribution in [0.25, 0.3) is 0 Å². The Morgan fingerprint density at radius 3 is 3.15 bits per heavy atom. The number of hydrogen-bond donors (Lipinski definition) is 2. The number of hydrogen-bond acceptors (Lipinski definition) is 3. The summed E-state index contributed by atoms with van der Waals surface area (Å²) in [6.45, 7) is 4.00. The quantitative estimate of drug-likeness (QED) is 0.863. The van der Waals surface area contributed by atoms with Gasteiger partial charge in [0.1, 0.15) is 17.7 Å². The SMILES string of the molecule is CC(CNC(=O)C1CCCNC1)Oc1cccc(F)c1. The summed E-state index contributed by atoms with van der Waals surface area (Å²) in [5.74, 6) is 0.259. The summed E-state index contributed by atoms with van der Waals surface area (Å²) in [6, 6.07) is 6.01. The molecule has 0 bridgehead atoms. The Morgan fingerprint density at radius 2 is 2.45 bits per heavy atom. The van der Waals surface area contributed by atoms with Gasteiger partial charge in [0.05, 0.1) is 12.5 Å². The van der Waals surface area contributed by atoms with Crippen molar-refractivity contribution < 1.29 is 13.9 Å². The van der Waals surface area contributed by atoms with E-state index in [1.165, 1.54) is 12.1 Å². The Morgan fingerprint density at radius 1 is 1.60 bits per heavy atom. The summed E-state index contributed by atoms with van der Waals surface area (Å²) in [5, 5.41) is 6.11. The van der Waals surface area contributed by atoms with Gasteiger partial charge in [0.2, 0.25) is 5.91 Å². The molecule has 2 N–H and O–H groups in total. The fourth-order valence-electron chi connectivity index (χ4n) is 2.28. The van der Waals surface area contributed by atoms with Crippen LogP contribution in [0, 0.1) is 11.7 Å². The van der Waals surface area contributed by atoms with Crippen LogP contribution in [-0.4, -0.2) is 31.6 Å². The zero-order valence-electron chi connectivity index (χ0n) is 11.7. The third-order valence-corrected chi connectivity index (χ3v) is 3.36. The lowest BCUT2D eigenvalue weighted by atomic mass is 9.99. The lowest BCUT2D eigenvalue weighted by Gasteiger charge is -2.23. The van der Waals surface area contributed by atoms with Crippen LogP contribution in [0.4, 0.5) is 4.39 Å². The molecular formula is C15H21FN2O2. The highest BCUT2D eigenvalue weighted by atomic mass is 19.1. The second-order valence-corrected chi connectivity index (χ2v) is 5.17. The number of benzene rings is 1. The van der Waals surface area contributed by atoms with Crippen molar-refractivity contribution in [3.63, 3.8) is 0 Å². The van der Waals surface area contributed by atoms with E-state index in [1.807, 2.05) is 6.92 Å². The average molecular weight is 280 g/mol. The van der Waals surface area contributed by atoms with E-state index >= 15 is 0 Å². The third-order valence-electron chi connectivity index (χ3n) is 3.36. The molecule has 1 saturated heterocycles. The van der Waals surface area contributed by atoms with E-state index < -0.39 is 0 Å².